The Morgan fingerprint density at radius 1 is 0.467 bits per heavy atom. The average Bonchev–Trinajstić information content (AvgIpc) is 3.48. The molecule has 0 saturated heterocycles. The summed E-state index contributed by atoms with van der Waals surface area (Å²) in [7, 11) is 0. The zero-order valence-electron chi connectivity index (χ0n) is 17.1. The molecule has 0 aliphatic carbocycles. The first-order chi connectivity index (χ1) is 14.6. The molecule has 0 radical (unpaired) electrons. The van der Waals surface area contributed by atoms with E-state index in [0.717, 1.165) is 0 Å². The van der Waals surface area contributed by atoms with Crippen LogP contribution in [0.1, 0.15) is 0 Å². The molecule has 0 amide bonds. The van der Waals surface area contributed by atoms with Gasteiger partial charge in [0.1, 0.15) is 0 Å². The van der Waals surface area contributed by atoms with Gasteiger partial charge < -0.3 is 0 Å². The monoisotopic (exact) mass is 620 g/mol. The minimum Gasteiger partial charge on any atom is -0.121 e. The van der Waals surface area contributed by atoms with Gasteiger partial charge in [-0.15, -0.1) is 70.6 Å². The largest absolute Gasteiger partial charge is 0.121 e. The highest BCUT2D eigenvalue weighted by Gasteiger charge is 2.26. The molecular formula is C18H20S12. The number of rotatable bonds is 8. The summed E-state index contributed by atoms with van der Waals surface area (Å²) in [6.45, 7) is 0. The van der Waals surface area contributed by atoms with Gasteiger partial charge in [0.25, 0.3) is 0 Å². The van der Waals surface area contributed by atoms with Crippen LogP contribution in [0.5, 0.6) is 0 Å². The van der Waals surface area contributed by atoms with Gasteiger partial charge >= 0.3 is 0 Å². The first-order valence-corrected chi connectivity index (χ1v) is 20.5. The lowest BCUT2D eigenvalue weighted by Gasteiger charge is -2.06. The highest BCUT2D eigenvalue weighted by atomic mass is 32.3. The summed E-state index contributed by atoms with van der Waals surface area (Å²) in [5, 5.41) is 0. The average molecular weight is 621 g/mol. The Labute approximate surface area is 231 Å². The van der Waals surface area contributed by atoms with Crippen LogP contribution in [0, 0.1) is 0 Å². The van der Waals surface area contributed by atoms with Gasteiger partial charge in [-0.3, -0.25) is 0 Å². The van der Waals surface area contributed by atoms with Crippen molar-refractivity contribution in [1.82, 2.24) is 0 Å². The molecule has 0 aromatic heterocycles. The third-order valence-corrected chi connectivity index (χ3v) is 19.0. The second-order valence-electron chi connectivity index (χ2n) is 5.23. The van der Waals surface area contributed by atoms with Gasteiger partial charge in [-0.1, -0.05) is 70.6 Å². The Morgan fingerprint density at radius 3 is 1.00 bits per heavy atom. The van der Waals surface area contributed by atoms with E-state index < -0.39 is 0 Å². The predicted octanol–water partition coefficient (Wildman–Crippen LogP) is 10.9. The fourth-order valence-electron chi connectivity index (χ4n) is 2.25. The summed E-state index contributed by atoms with van der Waals surface area (Å²) in [4.78, 5) is 0. The standard InChI is InChI=1S/C18H20S12/c1-19-13-14(20-2)26-10(25-13)7-9(12-29-17(23-5)18(24-6)30-12)8-11-27-15(21-3)16(22-4)28-11/h7-8H,1-6H3. The molecule has 0 aromatic rings. The van der Waals surface area contributed by atoms with Gasteiger partial charge in [-0.25, -0.2) is 0 Å². The van der Waals surface area contributed by atoms with Crippen LogP contribution in [0.2, 0.25) is 0 Å². The molecule has 3 aliphatic rings. The minimum atomic E-state index is 1.34. The molecule has 0 aromatic carbocycles. The third kappa shape index (κ3) is 6.86. The Hall–Kier alpha value is 2.64. The van der Waals surface area contributed by atoms with Gasteiger partial charge in [0.2, 0.25) is 0 Å². The van der Waals surface area contributed by atoms with Crippen LogP contribution in [0.15, 0.2) is 55.9 Å². The molecule has 0 nitrogen and oxygen atoms in total. The van der Waals surface area contributed by atoms with Crippen molar-refractivity contribution in [3.63, 3.8) is 0 Å². The third-order valence-electron chi connectivity index (χ3n) is 3.54. The highest BCUT2D eigenvalue weighted by Crippen LogP contribution is 2.61. The smallest absolute Gasteiger partial charge is 0.0657 e. The number of allylic oxidation sites excluding steroid dienone is 3. The van der Waals surface area contributed by atoms with E-state index in [0.29, 0.717) is 0 Å². The normalized spacial score (nSPS) is 19.7. The van der Waals surface area contributed by atoms with Crippen LogP contribution in [0.4, 0.5) is 0 Å². The maximum absolute atomic E-state index is 2.41. The maximum Gasteiger partial charge on any atom is 0.0657 e. The molecule has 3 rings (SSSR count). The summed E-state index contributed by atoms with van der Waals surface area (Å²) in [6, 6.07) is 0. The highest BCUT2D eigenvalue weighted by molar-refractivity contribution is 8.42. The van der Waals surface area contributed by atoms with E-state index in [1.807, 2.05) is 141 Å². The molecule has 0 fully saturated rings. The molecule has 3 aliphatic heterocycles. The molecule has 30 heavy (non-hydrogen) atoms. The molecule has 164 valence electrons. The summed E-state index contributed by atoms with van der Waals surface area (Å²) < 4.78 is 12.7. The quantitative estimate of drug-likeness (QED) is 0.253. The van der Waals surface area contributed by atoms with E-state index in [-0.39, 0.29) is 0 Å². The first kappa shape index (κ1) is 27.2. The first-order valence-electron chi connectivity index (χ1n) is 8.28. The van der Waals surface area contributed by atoms with Crippen LogP contribution in [-0.4, -0.2) is 37.5 Å². The minimum absolute atomic E-state index is 1.34. The molecule has 0 spiro atoms. The van der Waals surface area contributed by atoms with Crippen molar-refractivity contribution < 1.29 is 0 Å². The van der Waals surface area contributed by atoms with Crippen molar-refractivity contribution >= 4 is 141 Å². The van der Waals surface area contributed by atoms with Gasteiger partial charge in [-0.05, 0) is 55.3 Å². The lowest BCUT2D eigenvalue weighted by molar-refractivity contribution is 1.74. The zero-order valence-corrected chi connectivity index (χ0v) is 26.9. The van der Waals surface area contributed by atoms with E-state index in [1.165, 1.54) is 43.7 Å². The predicted molar refractivity (Wildman–Crippen MR) is 171 cm³/mol. The van der Waals surface area contributed by atoms with Gasteiger partial charge in [0.15, 0.2) is 0 Å². The van der Waals surface area contributed by atoms with Crippen LogP contribution >= 0.6 is 141 Å². The molecule has 0 unspecified atom stereocenters. The van der Waals surface area contributed by atoms with E-state index in [2.05, 4.69) is 49.7 Å². The number of hydrogen-bond donors (Lipinski definition) is 0. The zero-order chi connectivity index (χ0) is 21.7. The van der Waals surface area contributed by atoms with Gasteiger partial charge in [0, 0.05) is 0 Å². The number of thioether (sulfide) groups is 12. The molecule has 0 N–H and O–H groups in total. The number of hydrogen-bond acceptors (Lipinski definition) is 12. The fraction of sp³-hybridized carbons (Fsp3) is 0.333. The summed E-state index contributed by atoms with van der Waals surface area (Å²) >= 11 is 22.7. The van der Waals surface area contributed by atoms with Crippen molar-refractivity contribution in [2.75, 3.05) is 37.5 Å². The van der Waals surface area contributed by atoms with Crippen LogP contribution in [0.3, 0.4) is 0 Å². The maximum atomic E-state index is 2.41. The molecule has 12 heteroatoms. The van der Waals surface area contributed by atoms with Gasteiger partial charge in [-0.2, -0.15) is 0 Å². The van der Waals surface area contributed by atoms with Crippen molar-refractivity contribution in [2.45, 2.75) is 0 Å². The SMILES string of the molecule is CSC1=C(SC)SC(=CC(C=C2SC(SC)=C(SC)S2)=C2SC(SC)=C(SC)S2)S1. The Morgan fingerprint density at radius 2 is 0.733 bits per heavy atom. The van der Waals surface area contributed by atoms with Crippen LogP contribution < -0.4 is 0 Å². The lowest BCUT2D eigenvalue weighted by Crippen LogP contribution is -1.79. The Kier molecular flexibility index (Phi) is 12.4. The summed E-state index contributed by atoms with van der Waals surface area (Å²) in [5.74, 6) is 0. The van der Waals surface area contributed by atoms with Gasteiger partial charge in [0.05, 0.1) is 38.1 Å². The lowest BCUT2D eigenvalue weighted by atomic mass is 10.3. The molecule has 0 bridgehead atoms. The molecule has 0 atom stereocenters. The van der Waals surface area contributed by atoms with E-state index in [9.17, 15) is 0 Å². The van der Waals surface area contributed by atoms with Crippen molar-refractivity contribution in [2.24, 2.45) is 0 Å². The van der Waals surface area contributed by atoms with E-state index >= 15 is 0 Å². The molecule has 3 heterocycles. The van der Waals surface area contributed by atoms with Crippen molar-refractivity contribution in [3.05, 3.63) is 55.9 Å². The molecule has 0 saturated carbocycles. The van der Waals surface area contributed by atoms with Crippen molar-refractivity contribution in [1.29, 1.82) is 0 Å². The fourth-order valence-corrected chi connectivity index (χ4v) is 17.1. The van der Waals surface area contributed by atoms with Crippen LogP contribution in [-0.2, 0) is 0 Å². The van der Waals surface area contributed by atoms with E-state index in [1.54, 1.807) is 0 Å². The molecular weight excluding hydrogens is 601 g/mol. The second kappa shape index (κ2) is 13.7. The topological polar surface area (TPSA) is 0 Å². The Bertz CT molecular complexity index is 770. The van der Waals surface area contributed by atoms with Crippen LogP contribution in [0.25, 0.3) is 0 Å². The summed E-state index contributed by atoms with van der Waals surface area (Å²) in [5.41, 5.74) is 1.34. The Balaban J connectivity index is 1.93. The van der Waals surface area contributed by atoms with E-state index in [4.69, 9.17) is 0 Å². The second-order valence-corrected chi connectivity index (χ2v) is 18.7. The summed E-state index contributed by atoms with van der Waals surface area (Å²) in [6.07, 6.45) is 17.9. The van der Waals surface area contributed by atoms with Crippen molar-refractivity contribution in [3.8, 4) is 0 Å².